The first-order valence-electron chi connectivity index (χ1n) is 2.17. The number of hydroxylamine groups is 1. The third-order valence-electron chi connectivity index (χ3n) is 0.505. The molecule has 0 aromatic heterocycles. The van der Waals surface area contributed by atoms with Gasteiger partial charge in [-0.25, -0.2) is 0 Å². The van der Waals surface area contributed by atoms with Crippen LogP contribution in [0, 0.1) is 0 Å². The number of hydrogen-bond donors (Lipinski definition) is 1. The van der Waals surface area contributed by atoms with E-state index in [-0.39, 0.29) is 5.97 Å². The molecule has 0 unspecified atom stereocenters. The smallest absolute Gasteiger partial charge is 0.324 e. The lowest BCUT2D eigenvalue weighted by Crippen LogP contribution is -2.13. The lowest BCUT2D eigenvalue weighted by Gasteiger charge is -1.94. The first kappa shape index (κ1) is 6.43. The fraction of sp³-hybridized carbons (Fsp3) is 0.750. The van der Waals surface area contributed by atoms with Gasteiger partial charge in [-0.05, 0) is 0 Å². The van der Waals surface area contributed by atoms with Crippen LogP contribution in [0.2, 0.25) is 0 Å². The molecule has 0 fully saturated rings. The number of nitrogens with one attached hydrogen (secondary N) is 1. The monoisotopic (exact) mass is 103 g/mol. The Labute approximate surface area is 42.6 Å². The summed E-state index contributed by atoms with van der Waals surface area (Å²) >= 11 is 0. The van der Waals surface area contributed by atoms with Crippen LogP contribution in [0.25, 0.3) is 0 Å². The van der Waals surface area contributed by atoms with Crippen molar-refractivity contribution in [3.8, 4) is 0 Å². The molecule has 0 bridgehead atoms. The van der Waals surface area contributed by atoms with Gasteiger partial charge in [-0.1, -0.05) is 6.92 Å². The minimum Gasteiger partial charge on any atom is -0.371 e. The molecular weight excluding hydrogens is 94.0 g/mol. The molecule has 0 amide bonds. The Bertz CT molecular complexity index is 62.7. The number of carbonyl (C=O) groups is 1. The highest BCUT2D eigenvalue weighted by Gasteiger charge is 1.91. The van der Waals surface area contributed by atoms with Crippen molar-refractivity contribution in [2.75, 3.05) is 7.05 Å². The van der Waals surface area contributed by atoms with Crippen LogP contribution >= 0.6 is 0 Å². The Balaban J connectivity index is 3.00. The average Bonchev–Trinajstić information content (AvgIpc) is 1.68. The number of rotatable bonds is 2. The molecule has 0 saturated carbocycles. The molecule has 1 N–H and O–H groups in total. The molecule has 0 aliphatic carbocycles. The summed E-state index contributed by atoms with van der Waals surface area (Å²) in [6.07, 6.45) is 0.418. The predicted octanol–water partition coefficient (Wildman–Crippen LogP) is 0.0740. The van der Waals surface area contributed by atoms with E-state index >= 15 is 0 Å². The van der Waals surface area contributed by atoms with Crippen LogP contribution in [0.15, 0.2) is 0 Å². The van der Waals surface area contributed by atoms with E-state index in [0.29, 0.717) is 6.42 Å². The second kappa shape index (κ2) is 3.61. The third-order valence-corrected chi connectivity index (χ3v) is 0.505. The van der Waals surface area contributed by atoms with Gasteiger partial charge in [0.05, 0.1) is 0 Å². The van der Waals surface area contributed by atoms with Crippen LogP contribution in [0.1, 0.15) is 13.3 Å². The molecule has 0 spiro atoms. The third kappa shape index (κ3) is 3.26. The maximum absolute atomic E-state index is 10.1. The second-order valence-electron chi connectivity index (χ2n) is 1.03. The SMILES string of the molecule is CCC(=O)ONC. The standard InChI is InChI=1S/C4H9NO2/c1-3-4(6)7-5-2/h5H,3H2,1-2H3. The van der Waals surface area contributed by atoms with Crippen LogP contribution in [-0.2, 0) is 9.63 Å². The van der Waals surface area contributed by atoms with E-state index in [2.05, 4.69) is 10.3 Å². The van der Waals surface area contributed by atoms with Crippen molar-refractivity contribution in [2.24, 2.45) is 0 Å². The Morgan fingerprint density at radius 1 is 1.86 bits per heavy atom. The van der Waals surface area contributed by atoms with Crippen LogP contribution < -0.4 is 5.48 Å². The van der Waals surface area contributed by atoms with Crippen LogP contribution in [0.5, 0.6) is 0 Å². The normalized spacial score (nSPS) is 8.29. The van der Waals surface area contributed by atoms with E-state index in [9.17, 15) is 4.79 Å². The van der Waals surface area contributed by atoms with Crippen LogP contribution in [0.4, 0.5) is 0 Å². The largest absolute Gasteiger partial charge is 0.371 e. The molecule has 0 atom stereocenters. The molecular formula is C4H9NO2. The zero-order valence-corrected chi connectivity index (χ0v) is 4.52. The molecule has 0 aliphatic heterocycles. The highest BCUT2D eigenvalue weighted by molar-refractivity contribution is 5.68. The van der Waals surface area contributed by atoms with Crippen molar-refractivity contribution in [2.45, 2.75) is 13.3 Å². The molecule has 0 heterocycles. The summed E-state index contributed by atoms with van der Waals surface area (Å²) in [5, 5.41) is 0. The van der Waals surface area contributed by atoms with Gasteiger partial charge in [0.25, 0.3) is 0 Å². The second-order valence-corrected chi connectivity index (χ2v) is 1.03. The van der Waals surface area contributed by atoms with Gasteiger partial charge in [0.2, 0.25) is 0 Å². The zero-order chi connectivity index (χ0) is 5.70. The number of carbonyl (C=O) groups excluding carboxylic acids is 1. The Hall–Kier alpha value is -0.570. The highest BCUT2D eigenvalue weighted by atomic mass is 16.7. The Morgan fingerprint density at radius 3 is 2.57 bits per heavy atom. The molecule has 0 aromatic carbocycles. The summed E-state index contributed by atoms with van der Waals surface area (Å²) in [5.41, 5.74) is 2.27. The molecule has 7 heavy (non-hydrogen) atoms. The molecule has 3 heteroatoms. The maximum Gasteiger partial charge on any atom is 0.324 e. The van der Waals surface area contributed by atoms with E-state index in [1.807, 2.05) is 0 Å². The predicted molar refractivity (Wildman–Crippen MR) is 25.4 cm³/mol. The lowest BCUT2D eigenvalue weighted by molar-refractivity contribution is -0.149. The molecule has 0 aliphatic rings. The molecule has 3 nitrogen and oxygen atoms in total. The minimum atomic E-state index is -0.234. The van der Waals surface area contributed by atoms with Gasteiger partial charge in [0.1, 0.15) is 0 Å². The van der Waals surface area contributed by atoms with Crippen molar-refractivity contribution >= 4 is 5.97 Å². The van der Waals surface area contributed by atoms with E-state index in [1.54, 1.807) is 14.0 Å². The summed E-state index contributed by atoms with van der Waals surface area (Å²) < 4.78 is 0. The Morgan fingerprint density at radius 2 is 2.43 bits per heavy atom. The van der Waals surface area contributed by atoms with Gasteiger partial charge >= 0.3 is 5.97 Å². The summed E-state index contributed by atoms with van der Waals surface area (Å²) in [4.78, 5) is 14.4. The average molecular weight is 103 g/mol. The van der Waals surface area contributed by atoms with Crippen molar-refractivity contribution < 1.29 is 9.63 Å². The summed E-state index contributed by atoms with van der Waals surface area (Å²) in [6.45, 7) is 1.74. The fourth-order valence-corrected chi connectivity index (χ4v) is 0.186. The van der Waals surface area contributed by atoms with Crippen molar-refractivity contribution in [1.29, 1.82) is 0 Å². The summed E-state index contributed by atoms with van der Waals surface area (Å²) in [5.74, 6) is -0.234. The van der Waals surface area contributed by atoms with Gasteiger partial charge < -0.3 is 4.84 Å². The van der Waals surface area contributed by atoms with Crippen molar-refractivity contribution in [3.63, 3.8) is 0 Å². The molecule has 0 rings (SSSR count). The van der Waals surface area contributed by atoms with Crippen LogP contribution in [0.3, 0.4) is 0 Å². The first-order valence-corrected chi connectivity index (χ1v) is 2.17. The Kier molecular flexibility index (Phi) is 3.32. The lowest BCUT2D eigenvalue weighted by atomic mass is 10.5. The molecule has 42 valence electrons. The van der Waals surface area contributed by atoms with E-state index in [0.717, 1.165) is 0 Å². The first-order chi connectivity index (χ1) is 3.31. The summed E-state index contributed by atoms with van der Waals surface area (Å²) in [7, 11) is 1.55. The van der Waals surface area contributed by atoms with E-state index in [4.69, 9.17) is 0 Å². The van der Waals surface area contributed by atoms with Gasteiger partial charge in [-0.15, -0.1) is 0 Å². The topological polar surface area (TPSA) is 38.3 Å². The van der Waals surface area contributed by atoms with E-state index < -0.39 is 0 Å². The zero-order valence-electron chi connectivity index (χ0n) is 4.52. The molecule has 0 saturated heterocycles. The van der Waals surface area contributed by atoms with Gasteiger partial charge in [-0.2, -0.15) is 5.48 Å². The maximum atomic E-state index is 10.1. The quantitative estimate of drug-likeness (QED) is 0.503. The summed E-state index contributed by atoms with van der Waals surface area (Å²) in [6, 6.07) is 0. The van der Waals surface area contributed by atoms with Gasteiger partial charge in [-0.3, -0.25) is 4.79 Å². The molecule has 0 radical (unpaired) electrons. The number of hydrogen-bond acceptors (Lipinski definition) is 3. The highest BCUT2D eigenvalue weighted by Crippen LogP contribution is 1.76. The van der Waals surface area contributed by atoms with Crippen molar-refractivity contribution in [1.82, 2.24) is 5.48 Å². The van der Waals surface area contributed by atoms with Crippen LogP contribution in [-0.4, -0.2) is 13.0 Å². The van der Waals surface area contributed by atoms with E-state index in [1.165, 1.54) is 0 Å². The minimum absolute atomic E-state index is 0.234. The molecule has 0 aromatic rings. The van der Waals surface area contributed by atoms with Crippen molar-refractivity contribution in [3.05, 3.63) is 0 Å². The van der Waals surface area contributed by atoms with Gasteiger partial charge in [0.15, 0.2) is 0 Å². The fourth-order valence-electron chi connectivity index (χ4n) is 0.186. The van der Waals surface area contributed by atoms with Gasteiger partial charge in [0, 0.05) is 13.5 Å².